The van der Waals surface area contributed by atoms with E-state index in [0.29, 0.717) is 19.3 Å². The van der Waals surface area contributed by atoms with Crippen molar-refractivity contribution in [2.45, 2.75) is 31.5 Å². The van der Waals surface area contributed by atoms with Gasteiger partial charge in [-0.05, 0) is 24.8 Å². The maximum atomic E-state index is 10.3. The van der Waals surface area contributed by atoms with Crippen LogP contribution in [0, 0.1) is 0 Å². The molecule has 0 amide bonds. The highest BCUT2D eigenvalue weighted by atomic mass is 35.5. The van der Waals surface area contributed by atoms with Gasteiger partial charge in [0.05, 0.1) is 6.17 Å². The SMILES string of the molecule is Cl.[N-]=[N+]=NC(N)CCC[C@H](N)C(=O)O. The Hall–Kier alpha value is -1.01. The van der Waals surface area contributed by atoms with Crippen LogP contribution in [0.15, 0.2) is 5.11 Å². The van der Waals surface area contributed by atoms with E-state index < -0.39 is 18.2 Å². The largest absolute Gasteiger partial charge is 0.480 e. The molecule has 0 aromatic carbocycles. The molecule has 0 fully saturated rings. The second kappa shape index (κ2) is 8.58. The van der Waals surface area contributed by atoms with Gasteiger partial charge in [0.25, 0.3) is 0 Å². The van der Waals surface area contributed by atoms with Gasteiger partial charge in [0, 0.05) is 4.91 Å². The van der Waals surface area contributed by atoms with Crippen molar-refractivity contribution in [3.8, 4) is 0 Å². The van der Waals surface area contributed by atoms with Crippen molar-refractivity contribution in [2.75, 3.05) is 0 Å². The van der Waals surface area contributed by atoms with Crippen molar-refractivity contribution >= 4 is 18.4 Å². The third-order valence-electron chi connectivity index (χ3n) is 1.53. The Morgan fingerprint density at radius 2 is 2.07 bits per heavy atom. The average molecular weight is 224 g/mol. The highest BCUT2D eigenvalue weighted by Crippen LogP contribution is 2.02. The number of hydrogen-bond acceptors (Lipinski definition) is 4. The lowest BCUT2D eigenvalue weighted by Crippen LogP contribution is -2.30. The summed E-state index contributed by atoms with van der Waals surface area (Å²) in [6.07, 6.45) is 0.730. The standard InChI is InChI=1S/C6H13N5O2.ClH/c7-4(6(12)13)2-1-3-5(8)10-11-9;/h4-5H,1-3,7-8H2,(H,12,13);1H/t4-,5?;/m0./s1. The minimum Gasteiger partial charge on any atom is -0.480 e. The fraction of sp³-hybridized carbons (Fsp3) is 0.833. The summed E-state index contributed by atoms with van der Waals surface area (Å²) in [5.74, 6) is -1.03. The molecule has 0 radical (unpaired) electrons. The van der Waals surface area contributed by atoms with Crippen LogP contribution in [-0.2, 0) is 4.79 Å². The molecule has 0 spiro atoms. The predicted molar refractivity (Wildman–Crippen MR) is 53.8 cm³/mol. The molecular formula is C6H14ClN5O2. The molecule has 5 N–H and O–H groups in total. The molecule has 2 atom stereocenters. The summed E-state index contributed by atoms with van der Waals surface area (Å²) in [5.41, 5.74) is 18.6. The van der Waals surface area contributed by atoms with E-state index in [2.05, 4.69) is 10.0 Å². The number of hydrogen-bond donors (Lipinski definition) is 3. The number of aliphatic carboxylic acids is 1. The molecule has 0 aromatic rings. The zero-order chi connectivity index (χ0) is 10.3. The summed E-state index contributed by atoms with van der Waals surface area (Å²) < 4.78 is 0. The van der Waals surface area contributed by atoms with Crippen LogP contribution >= 0.6 is 12.4 Å². The van der Waals surface area contributed by atoms with Gasteiger partial charge in [0.1, 0.15) is 6.04 Å². The number of rotatable bonds is 6. The van der Waals surface area contributed by atoms with Crippen molar-refractivity contribution in [2.24, 2.45) is 16.6 Å². The Balaban J connectivity index is 0. The van der Waals surface area contributed by atoms with Crippen molar-refractivity contribution < 1.29 is 9.90 Å². The molecule has 0 heterocycles. The summed E-state index contributed by atoms with van der Waals surface area (Å²) >= 11 is 0. The summed E-state index contributed by atoms with van der Waals surface area (Å²) in [6.45, 7) is 0. The third-order valence-corrected chi connectivity index (χ3v) is 1.53. The Bertz CT molecular complexity index is 210. The molecule has 0 aliphatic heterocycles. The zero-order valence-electron chi connectivity index (χ0n) is 7.54. The molecule has 0 aliphatic rings. The first-order valence-corrected chi connectivity index (χ1v) is 3.86. The van der Waals surface area contributed by atoms with Gasteiger partial charge < -0.3 is 16.6 Å². The number of carboxylic acids is 1. The van der Waals surface area contributed by atoms with Gasteiger partial charge in [0.15, 0.2) is 0 Å². The van der Waals surface area contributed by atoms with E-state index in [4.69, 9.17) is 22.1 Å². The Kier molecular flexibility index (Phi) is 9.48. The number of nitrogens with zero attached hydrogens (tertiary/aromatic N) is 3. The lowest BCUT2D eigenvalue weighted by Gasteiger charge is -2.07. The van der Waals surface area contributed by atoms with Crippen LogP contribution in [0.25, 0.3) is 10.4 Å². The fourth-order valence-electron chi connectivity index (χ4n) is 0.794. The van der Waals surface area contributed by atoms with E-state index in [1.165, 1.54) is 0 Å². The number of carbonyl (C=O) groups is 1. The van der Waals surface area contributed by atoms with Crippen LogP contribution in [0.2, 0.25) is 0 Å². The van der Waals surface area contributed by atoms with Gasteiger partial charge in [-0.15, -0.1) is 12.4 Å². The second-order valence-corrected chi connectivity index (χ2v) is 2.65. The van der Waals surface area contributed by atoms with E-state index in [-0.39, 0.29) is 12.4 Å². The minimum absolute atomic E-state index is 0. The smallest absolute Gasteiger partial charge is 0.320 e. The van der Waals surface area contributed by atoms with Crippen molar-refractivity contribution in [1.29, 1.82) is 0 Å². The van der Waals surface area contributed by atoms with Gasteiger partial charge in [-0.1, -0.05) is 5.11 Å². The lowest BCUT2D eigenvalue weighted by atomic mass is 10.1. The number of carboxylic acid groups (broad SMARTS) is 1. The summed E-state index contributed by atoms with van der Waals surface area (Å²) in [5, 5.41) is 11.6. The van der Waals surface area contributed by atoms with E-state index in [9.17, 15) is 4.79 Å². The minimum atomic E-state index is -1.03. The molecule has 0 aromatic heterocycles. The highest BCUT2D eigenvalue weighted by molar-refractivity contribution is 5.85. The highest BCUT2D eigenvalue weighted by Gasteiger charge is 2.10. The summed E-state index contributed by atoms with van der Waals surface area (Å²) in [6, 6.07) is -0.863. The third kappa shape index (κ3) is 7.63. The maximum absolute atomic E-state index is 10.3. The van der Waals surface area contributed by atoms with Crippen LogP contribution in [0.5, 0.6) is 0 Å². The molecule has 0 saturated heterocycles. The molecule has 82 valence electrons. The molecule has 0 rings (SSSR count). The first-order chi connectivity index (χ1) is 6.07. The first kappa shape index (κ1) is 15.5. The molecular weight excluding hydrogens is 210 g/mol. The molecule has 0 aliphatic carbocycles. The van der Waals surface area contributed by atoms with Gasteiger partial charge in [-0.2, -0.15) is 0 Å². The van der Waals surface area contributed by atoms with Crippen LogP contribution in [-0.4, -0.2) is 23.3 Å². The van der Waals surface area contributed by atoms with E-state index in [1.54, 1.807) is 0 Å². The zero-order valence-corrected chi connectivity index (χ0v) is 8.35. The monoisotopic (exact) mass is 223 g/mol. The van der Waals surface area contributed by atoms with Crippen molar-refractivity contribution in [3.05, 3.63) is 10.4 Å². The molecule has 14 heavy (non-hydrogen) atoms. The predicted octanol–water partition coefficient (Wildman–Crippen LogP) is 0.585. The van der Waals surface area contributed by atoms with Crippen LogP contribution in [0.1, 0.15) is 19.3 Å². The molecule has 7 nitrogen and oxygen atoms in total. The molecule has 1 unspecified atom stereocenters. The van der Waals surface area contributed by atoms with E-state index >= 15 is 0 Å². The Morgan fingerprint density at radius 1 is 1.50 bits per heavy atom. The Morgan fingerprint density at radius 3 is 2.50 bits per heavy atom. The van der Waals surface area contributed by atoms with Gasteiger partial charge in [0.2, 0.25) is 0 Å². The fourth-order valence-corrected chi connectivity index (χ4v) is 0.794. The average Bonchev–Trinajstić information content (AvgIpc) is 2.04. The molecule has 0 saturated carbocycles. The molecule has 8 heteroatoms. The molecule has 0 bridgehead atoms. The first-order valence-electron chi connectivity index (χ1n) is 3.86. The number of halogens is 1. The quantitative estimate of drug-likeness (QED) is 0.344. The lowest BCUT2D eigenvalue weighted by molar-refractivity contribution is -0.138. The summed E-state index contributed by atoms with van der Waals surface area (Å²) in [4.78, 5) is 12.8. The second-order valence-electron chi connectivity index (χ2n) is 2.65. The van der Waals surface area contributed by atoms with Gasteiger partial charge >= 0.3 is 5.97 Å². The van der Waals surface area contributed by atoms with Crippen LogP contribution in [0.3, 0.4) is 0 Å². The van der Waals surface area contributed by atoms with Crippen LogP contribution in [0.4, 0.5) is 0 Å². The number of azide groups is 1. The van der Waals surface area contributed by atoms with Gasteiger partial charge in [-0.3, -0.25) is 4.79 Å². The van der Waals surface area contributed by atoms with E-state index in [0.717, 1.165) is 0 Å². The van der Waals surface area contributed by atoms with E-state index in [1.807, 2.05) is 0 Å². The van der Waals surface area contributed by atoms with Crippen molar-refractivity contribution in [3.63, 3.8) is 0 Å². The normalized spacial score (nSPS) is 13.3. The van der Waals surface area contributed by atoms with Gasteiger partial charge in [-0.25, -0.2) is 0 Å². The van der Waals surface area contributed by atoms with Crippen molar-refractivity contribution in [1.82, 2.24) is 0 Å². The van der Waals surface area contributed by atoms with Crippen LogP contribution < -0.4 is 11.5 Å². The Labute approximate surface area is 87.5 Å². The number of nitrogens with two attached hydrogens (primary N) is 2. The maximum Gasteiger partial charge on any atom is 0.320 e. The topological polar surface area (TPSA) is 138 Å². The summed E-state index contributed by atoms with van der Waals surface area (Å²) in [7, 11) is 0.